The van der Waals surface area contributed by atoms with E-state index in [1.54, 1.807) is 12.1 Å². The minimum Gasteiger partial charge on any atom is -0.330 e. The average Bonchev–Trinajstić information content (AvgIpc) is 2.39. The molecule has 1 aromatic rings. The number of nitrogens with one attached hydrogen (secondary N) is 1. The largest absolute Gasteiger partial charge is 0.330 e. The van der Waals surface area contributed by atoms with Crippen molar-refractivity contribution in [2.24, 2.45) is 5.73 Å². The number of hydrogen-bond acceptors (Lipinski definition) is 4. The molecule has 0 unspecified atom stereocenters. The first-order valence-electron chi connectivity index (χ1n) is 6.38. The number of hydrogen-bond donors (Lipinski definition) is 2. The highest BCUT2D eigenvalue weighted by Gasteiger charge is 2.14. The average molecular weight is 265 g/mol. The molecular formula is C13H19N3O3. The molecule has 0 aliphatic rings. The van der Waals surface area contributed by atoms with Gasteiger partial charge >= 0.3 is 0 Å². The molecule has 0 heterocycles. The molecule has 104 valence electrons. The van der Waals surface area contributed by atoms with E-state index in [-0.39, 0.29) is 17.3 Å². The summed E-state index contributed by atoms with van der Waals surface area (Å²) in [5, 5.41) is 13.4. The Morgan fingerprint density at radius 3 is 2.58 bits per heavy atom. The van der Waals surface area contributed by atoms with E-state index in [0.29, 0.717) is 13.0 Å². The number of carbonyl (C=O) groups is 1. The number of carbonyl (C=O) groups excluding carboxylic acids is 1. The maximum atomic E-state index is 11.7. The minimum atomic E-state index is -0.503. The molecule has 0 saturated carbocycles. The van der Waals surface area contributed by atoms with Gasteiger partial charge in [-0.1, -0.05) is 25.0 Å². The zero-order chi connectivity index (χ0) is 14.1. The molecule has 0 radical (unpaired) electrons. The maximum absolute atomic E-state index is 11.7. The van der Waals surface area contributed by atoms with Crippen LogP contribution in [0.4, 0.5) is 11.4 Å². The number of amides is 1. The lowest BCUT2D eigenvalue weighted by molar-refractivity contribution is -0.383. The van der Waals surface area contributed by atoms with Crippen molar-refractivity contribution < 1.29 is 9.72 Å². The van der Waals surface area contributed by atoms with Crippen LogP contribution in [0.2, 0.25) is 0 Å². The summed E-state index contributed by atoms with van der Waals surface area (Å²) in [5.41, 5.74) is 5.54. The number of nitro groups is 1. The summed E-state index contributed by atoms with van der Waals surface area (Å²) >= 11 is 0. The number of para-hydroxylation sites is 2. The van der Waals surface area contributed by atoms with Crippen LogP contribution in [0.15, 0.2) is 24.3 Å². The van der Waals surface area contributed by atoms with Crippen LogP contribution in [-0.4, -0.2) is 17.4 Å². The van der Waals surface area contributed by atoms with Crippen LogP contribution in [0.1, 0.15) is 32.1 Å². The maximum Gasteiger partial charge on any atom is 0.292 e. The third-order valence-electron chi connectivity index (χ3n) is 2.73. The molecule has 1 rings (SSSR count). The number of unbranched alkanes of at least 4 members (excludes halogenated alkanes) is 3. The van der Waals surface area contributed by atoms with Gasteiger partial charge in [0.25, 0.3) is 5.69 Å². The van der Waals surface area contributed by atoms with Gasteiger partial charge in [0.05, 0.1) is 4.92 Å². The molecule has 6 nitrogen and oxygen atoms in total. The number of benzene rings is 1. The normalized spacial score (nSPS) is 10.2. The molecule has 0 atom stereocenters. The van der Waals surface area contributed by atoms with Gasteiger partial charge in [0.1, 0.15) is 5.69 Å². The van der Waals surface area contributed by atoms with E-state index in [1.807, 2.05) is 0 Å². The lowest BCUT2D eigenvalue weighted by Gasteiger charge is -2.05. The number of rotatable bonds is 8. The van der Waals surface area contributed by atoms with Crippen LogP contribution in [0.3, 0.4) is 0 Å². The van der Waals surface area contributed by atoms with Gasteiger partial charge in [0.2, 0.25) is 5.91 Å². The second-order valence-electron chi connectivity index (χ2n) is 4.28. The van der Waals surface area contributed by atoms with Gasteiger partial charge in [0.15, 0.2) is 0 Å². The molecule has 3 N–H and O–H groups in total. The number of anilines is 1. The predicted octanol–water partition coefficient (Wildman–Crippen LogP) is 2.44. The topological polar surface area (TPSA) is 98.3 Å². The van der Waals surface area contributed by atoms with E-state index >= 15 is 0 Å². The van der Waals surface area contributed by atoms with Crippen molar-refractivity contribution in [2.75, 3.05) is 11.9 Å². The first-order valence-corrected chi connectivity index (χ1v) is 6.38. The zero-order valence-electron chi connectivity index (χ0n) is 10.8. The Morgan fingerprint density at radius 1 is 1.21 bits per heavy atom. The van der Waals surface area contributed by atoms with Crippen molar-refractivity contribution in [1.82, 2.24) is 0 Å². The number of nitrogens with two attached hydrogens (primary N) is 1. The molecule has 0 spiro atoms. The molecular weight excluding hydrogens is 246 g/mol. The summed E-state index contributed by atoms with van der Waals surface area (Å²) in [6.07, 6.45) is 4.06. The van der Waals surface area contributed by atoms with Crippen molar-refractivity contribution in [2.45, 2.75) is 32.1 Å². The fourth-order valence-corrected chi connectivity index (χ4v) is 1.73. The van der Waals surface area contributed by atoms with Crippen molar-refractivity contribution in [3.63, 3.8) is 0 Å². The highest BCUT2D eigenvalue weighted by atomic mass is 16.6. The summed E-state index contributed by atoms with van der Waals surface area (Å²) in [6.45, 7) is 0.669. The third-order valence-corrected chi connectivity index (χ3v) is 2.73. The van der Waals surface area contributed by atoms with E-state index in [9.17, 15) is 14.9 Å². The van der Waals surface area contributed by atoms with Crippen LogP contribution < -0.4 is 11.1 Å². The smallest absolute Gasteiger partial charge is 0.292 e. The molecule has 0 saturated heterocycles. The lowest BCUT2D eigenvalue weighted by atomic mass is 10.1. The van der Waals surface area contributed by atoms with Crippen LogP contribution in [0.5, 0.6) is 0 Å². The molecule has 0 aliphatic heterocycles. The summed E-state index contributed by atoms with van der Waals surface area (Å²) in [7, 11) is 0. The molecule has 6 heteroatoms. The van der Waals surface area contributed by atoms with Gasteiger partial charge in [-0.2, -0.15) is 0 Å². The van der Waals surface area contributed by atoms with Crippen LogP contribution >= 0.6 is 0 Å². The summed E-state index contributed by atoms with van der Waals surface area (Å²) in [4.78, 5) is 21.9. The Labute approximate surface area is 112 Å². The van der Waals surface area contributed by atoms with E-state index < -0.39 is 4.92 Å². The first kappa shape index (κ1) is 15.1. The minimum absolute atomic E-state index is 0.0843. The molecule has 0 bridgehead atoms. The summed E-state index contributed by atoms with van der Waals surface area (Å²) in [5.74, 6) is -0.193. The zero-order valence-corrected chi connectivity index (χ0v) is 10.8. The quantitative estimate of drug-likeness (QED) is 0.428. The van der Waals surface area contributed by atoms with Crippen molar-refractivity contribution in [3.05, 3.63) is 34.4 Å². The Bertz CT molecular complexity index is 435. The first-order chi connectivity index (χ1) is 9.15. The van der Waals surface area contributed by atoms with Crippen molar-refractivity contribution in [3.8, 4) is 0 Å². The van der Waals surface area contributed by atoms with Gasteiger partial charge < -0.3 is 11.1 Å². The van der Waals surface area contributed by atoms with Gasteiger partial charge in [0, 0.05) is 12.5 Å². The molecule has 0 aliphatic carbocycles. The Hall–Kier alpha value is -1.95. The van der Waals surface area contributed by atoms with Gasteiger partial charge in [-0.15, -0.1) is 0 Å². The molecule has 19 heavy (non-hydrogen) atoms. The SMILES string of the molecule is NCCCCCCC(=O)Nc1ccccc1[N+](=O)[O-]. The molecule has 1 amide bonds. The van der Waals surface area contributed by atoms with E-state index in [1.165, 1.54) is 12.1 Å². The molecule has 0 aromatic heterocycles. The predicted molar refractivity (Wildman–Crippen MR) is 73.9 cm³/mol. The second-order valence-corrected chi connectivity index (χ2v) is 4.28. The fraction of sp³-hybridized carbons (Fsp3) is 0.462. The standard InChI is InChI=1S/C13H19N3O3/c14-10-6-2-1-3-9-13(17)15-11-7-4-5-8-12(11)16(18)19/h4-5,7-8H,1-3,6,9-10,14H2,(H,15,17). The molecule has 1 aromatic carbocycles. The highest BCUT2D eigenvalue weighted by Crippen LogP contribution is 2.23. The number of nitrogens with zero attached hydrogens (tertiary/aromatic N) is 1. The summed E-state index contributed by atoms with van der Waals surface area (Å²) in [6, 6.07) is 6.13. The van der Waals surface area contributed by atoms with E-state index in [0.717, 1.165) is 25.7 Å². The Morgan fingerprint density at radius 2 is 1.89 bits per heavy atom. The van der Waals surface area contributed by atoms with E-state index in [2.05, 4.69) is 5.32 Å². The third kappa shape index (κ3) is 5.48. The van der Waals surface area contributed by atoms with Crippen LogP contribution in [-0.2, 0) is 4.79 Å². The van der Waals surface area contributed by atoms with Crippen LogP contribution in [0, 0.1) is 10.1 Å². The van der Waals surface area contributed by atoms with Crippen molar-refractivity contribution >= 4 is 17.3 Å². The van der Waals surface area contributed by atoms with Crippen molar-refractivity contribution in [1.29, 1.82) is 0 Å². The van der Waals surface area contributed by atoms with Gasteiger partial charge in [-0.05, 0) is 25.5 Å². The van der Waals surface area contributed by atoms with Gasteiger partial charge in [-0.25, -0.2) is 0 Å². The summed E-state index contributed by atoms with van der Waals surface area (Å²) < 4.78 is 0. The Balaban J connectivity index is 2.42. The molecule has 0 fully saturated rings. The second kappa shape index (κ2) is 8.20. The number of nitro benzene ring substituents is 1. The lowest BCUT2D eigenvalue weighted by Crippen LogP contribution is -2.12. The monoisotopic (exact) mass is 265 g/mol. The van der Waals surface area contributed by atoms with Crippen LogP contribution in [0.25, 0.3) is 0 Å². The Kier molecular flexibility index (Phi) is 6.52. The van der Waals surface area contributed by atoms with Gasteiger partial charge in [-0.3, -0.25) is 14.9 Å². The fourth-order valence-electron chi connectivity index (χ4n) is 1.73. The highest BCUT2D eigenvalue weighted by molar-refractivity contribution is 5.92. The van der Waals surface area contributed by atoms with E-state index in [4.69, 9.17) is 5.73 Å².